The molecule has 0 bridgehead atoms. The molecule has 0 aliphatic carbocycles. The van der Waals surface area contributed by atoms with Gasteiger partial charge in [-0.25, -0.2) is 4.99 Å². The van der Waals surface area contributed by atoms with Gasteiger partial charge in [-0.2, -0.15) is 0 Å². The molecule has 0 aromatic heterocycles. The maximum absolute atomic E-state index is 6.30. The van der Waals surface area contributed by atoms with Gasteiger partial charge < -0.3 is 11.1 Å². The molecule has 0 unspecified atom stereocenters. The fraction of sp³-hybridized carbons (Fsp3) is 0.389. The molecule has 1 heterocycles. The predicted molar refractivity (Wildman–Crippen MR) is 92.9 cm³/mol. The van der Waals surface area contributed by atoms with Crippen molar-refractivity contribution >= 4 is 22.9 Å². The monoisotopic (exact) mass is 283 g/mol. The Hall–Kier alpha value is -2.03. The number of amidine groups is 1. The number of rotatable bonds is 4. The lowest BCUT2D eigenvalue weighted by Crippen LogP contribution is -2.24. The number of hydrogen-bond acceptors (Lipinski definition) is 3. The molecule has 21 heavy (non-hydrogen) atoms. The normalized spacial score (nSPS) is 14.3. The van der Waals surface area contributed by atoms with Crippen LogP contribution >= 0.6 is 0 Å². The maximum atomic E-state index is 6.30. The van der Waals surface area contributed by atoms with E-state index in [2.05, 4.69) is 50.3 Å². The van der Waals surface area contributed by atoms with Gasteiger partial charge in [0.2, 0.25) is 0 Å². The van der Waals surface area contributed by atoms with Crippen LogP contribution in [-0.2, 0) is 5.41 Å². The molecule has 0 saturated heterocycles. The molecule has 0 radical (unpaired) electrons. The van der Waals surface area contributed by atoms with E-state index in [1.807, 2.05) is 13.0 Å². The Morgan fingerprint density at radius 2 is 2.05 bits per heavy atom. The Morgan fingerprint density at radius 1 is 1.38 bits per heavy atom. The number of hydrogen-bond donors (Lipinski definition) is 2. The third kappa shape index (κ3) is 2.73. The molecule has 112 valence electrons. The van der Waals surface area contributed by atoms with Gasteiger partial charge in [-0.05, 0) is 31.0 Å². The van der Waals surface area contributed by atoms with Crippen LogP contribution in [0.2, 0.25) is 0 Å². The minimum atomic E-state index is -0.162. The molecular formula is C18H25N3. The van der Waals surface area contributed by atoms with Crippen LogP contribution in [0.5, 0.6) is 0 Å². The average molecular weight is 283 g/mol. The van der Waals surface area contributed by atoms with E-state index in [1.165, 1.54) is 5.57 Å². The number of fused-ring (bicyclic) bond motifs is 1. The zero-order chi connectivity index (χ0) is 15.8. The summed E-state index contributed by atoms with van der Waals surface area (Å²) in [5, 5.41) is 3.15. The van der Waals surface area contributed by atoms with E-state index < -0.39 is 0 Å². The SMILES string of the molecule is C=C1NC(C)=Nc2cc(C(C)(C)C(=C)CCC)c(N)cc21. The highest BCUT2D eigenvalue weighted by atomic mass is 15.0. The second-order valence-corrected chi connectivity index (χ2v) is 6.24. The van der Waals surface area contributed by atoms with Gasteiger partial charge in [-0.1, -0.05) is 45.9 Å². The van der Waals surface area contributed by atoms with Crippen molar-refractivity contribution in [3.05, 3.63) is 42.0 Å². The Labute approximate surface area is 127 Å². The van der Waals surface area contributed by atoms with E-state index in [-0.39, 0.29) is 5.41 Å². The first-order chi connectivity index (χ1) is 9.77. The van der Waals surface area contributed by atoms with Gasteiger partial charge >= 0.3 is 0 Å². The first kappa shape index (κ1) is 15.4. The third-order valence-electron chi connectivity index (χ3n) is 4.22. The zero-order valence-corrected chi connectivity index (χ0v) is 13.5. The quantitative estimate of drug-likeness (QED) is 0.630. The van der Waals surface area contributed by atoms with Crippen molar-refractivity contribution in [3.8, 4) is 0 Å². The minimum Gasteiger partial charge on any atom is -0.398 e. The van der Waals surface area contributed by atoms with E-state index in [1.54, 1.807) is 0 Å². The van der Waals surface area contributed by atoms with E-state index in [0.29, 0.717) is 0 Å². The van der Waals surface area contributed by atoms with Crippen LogP contribution in [-0.4, -0.2) is 5.84 Å². The number of anilines is 1. The molecule has 0 atom stereocenters. The lowest BCUT2D eigenvalue weighted by molar-refractivity contribution is 0.592. The number of nitrogens with zero attached hydrogens (tertiary/aromatic N) is 1. The van der Waals surface area contributed by atoms with Crippen LogP contribution < -0.4 is 11.1 Å². The van der Waals surface area contributed by atoms with Gasteiger partial charge in [0, 0.05) is 22.4 Å². The van der Waals surface area contributed by atoms with Crippen molar-refractivity contribution in [1.29, 1.82) is 0 Å². The van der Waals surface area contributed by atoms with Gasteiger partial charge in [0.05, 0.1) is 5.69 Å². The van der Waals surface area contributed by atoms with E-state index in [9.17, 15) is 0 Å². The van der Waals surface area contributed by atoms with Crippen molar-refractivity contribution in [2.75, 3.05) is 5.73 Å². The zero-order valence-electron chi connectivity index (χ0n) is 13.5. The minimum absolute atomic E-state index is 0.162. The molecule has 2 rings (SSSR count). The average Bonchev–Trinajstić information content (AvgIpc) is 2.39. The highest BCUT2D eigenvalue weighted by Gasteiger charge is 2.28. The molecular weight excluding hydrogens is 258 g/mol. The molecule has 1 aromatic carbocycles. The molecule has 0 fully saturated rings. The largest absolute Gasteiger partial charge is 0.398 e. The van der Waals surface area contributed by atoms with Crippen LogP contribution in [0.25, 0.3) is 5.70 Å². The second kappa shape index (κ2) is 5.40. The first-order valence-corrected chi connectivity index (χ1v) is 7.41. The van der Waals surface area contributed by atoms with E-state index in [0.717, 1.165) is 46.9 Å². The summed E-state index contributed by atoms with van der Waals surface area (Å²) in [6.45, 7) is 16.7. The number of benzene rings is 1. The van der Waals surface area contributed by atoms with Crippen molar-refractivity contribution in [3.63, 3.8) is 0 Å². The summed E-state index contributed by atoms with van der Waals surface area (Å²) in [5.74, 6) is 0.855. The van der Waals surface area contributed by atoms with Crippen molar-refractivity contribution in [2.24, 2.45) is 4.99 Å². The van der Waals surface area contributed by atoms with Crippen molar-refractivity contribution in [1.82, 2.24) is 5.32 Å². The number of nitrogens with two attached hydrogens (primary N) is 1. The van der Waals surface area contributed by atoms with Gasteiger partial charge in [0.1, 0.15) is 5.84 Å². The van der Waals surface area contributed by atoms with Crippen LogP contribution in [0.3, 0.4) is 0 Å². The summed E-state index contributed by atoms with van der Waals surface area (Å²) in [5.41, 5.74) is 11.9. The molecule has 1 aliphatic rings. The number of allylic oxidation sites excluding steroid dienone is 1. The van der Waals surface area contributed by atoms with Gasteiger partial charge in [0.15, 0.2) is 0 Å². The first-order valence-electron chi connectivity index (χ1n) is 7.41. The number of nitrogen functional groups attached to an aromatic ring is 1. The molecule has 3 N–H and O–H groups in total. The smallest absolute Gasteiger partial charge is 0.103 e. The Balaban J connectivity index is 2.55. The number of aliphatic imine (C=N–C) groups is 1. The molecule has 1 aromatic rings. The Kier molecular flexibility index (Phi) is 3.95. The third-order valence-corrected chi connectivity index (χ3v) is 4.22. The van der Waals surface area contributed by atoms with E-state index >= 15 is 0 Å². The topological polar surface area (TPSA) is 50.4 Å². The summed E-state index contributed by atoms with van der Waals surface area (Å²) in [4.78, 5) is 4.58. The van der Waals surface area contributed by atoms with Gasteiger partial charge in [-0.15, -0.1) is 0 Å². The lowest BCUT2D eigenvalue weighted by Gasteiger charge is -2.31. The summed E-state index contributed by atoms with van der Waals surface area (Å²) in [6.07, 6.45) is 2.09. The van der Waals surface area contributed by atoms with Crippen molar-refractivity contribution < 1.29 is 0 Å². The van der Waals surface area contributed by atoms with Crippen LogP contribution in [0.1, 0.15) is 51.7 Å². The number of nitrogens with one attached hydrogen (secondary N) is 1. The summed E-state index contributed by atoms with van der Waals surface area (Å²) in [6, 6.07) is 4.05. The summed E-state index contributed by atoms with van der Waals surface area (Å²) >= 11 is 0. The van der Waals surface area contributed by atoms with Gasteiger partial charge in [0.25, 0.3) is 0 Å². The second-order valence-electron chi connectivity index (χ2n) is 6.24. The fourth-order valence-electron chi connectivity index (χ4n) is 2.78. The molecule has 3 nitrogen and oxygen atoms in total. The summed E-state index contributed by atoms with van der Waals surface area (Å²) < 4.78 is 0. The van der Waals surface area contributed by atoms with Crippen LogP contribution in [0.15, 0.2) is 35.9 Å². The standard InChI is InChI=1S/C18H25N3/c1-7-8-11(2)18(5,6)15-10-17-14(9-16(15)19)12(3)20-13(4)21-17/h9-10H,2-3,7-8,19H2,1,4-6H3,(H,20,21). The lowest BCUT2D eigenvalue weighted by atomic mass is 9.75. The predicted octanol–water partition coefficient (Wildman–Crippen LogP) is 4.53. The maximum Gasteiger partial charge on any atom is 0.103 e. The van der Waals surface area contributed by atoms with Gasteiger partial charge in [-0.3, -0.25) is 0 Å². The molecule has 3 heteroatoms. The molecule has 1 aliphatic heterocycles. The highest BCUT2D eigenvalue weighted by molar-refractivity contribution is 5.97. The highest BCUT2D eigenvalue weighted by Crippen LogP contribution is 2.41. The molecule has 0 saturated carbocycles. The molecule has 0 amide bonds. The molecule has 0 spiro atoms. The summed E-state index contributed by atoms with van der Waals surface area (Å²) in [7, 11) is 0. The van der Waals surface area contributed by atoms with Crippen molar-refractivity contribution in [2.45, 2.75) is 46.0 Å². The fourth-order valence-corrected chi connectivity index (χ4v) is 2.78. The van der Waals surface area contributed by atoms with Crippen LogP contribution in [0, 0.1) is 0 Å². The Bertz CT molecular complexity index is 636. The van der Waals surface area contributed by atoms with E-state index in [4.69, 9.17) is 5.73 Å². The van der Waals surface area contributed by atoms with Crippen LogP contribution in [0.4, 0.5) is 11.4 Å². The Morgan fingerprint density at radius 3 is 2.67 bits per heavy atom.